The maximum Gasteiger partial charge on any atom is 0.228 e. The van der Waals surface area contributed by atoms with Crippen molar-refractivity contribution in [2.75, 3.05) is 26.8 Å². The maximum absolute atomic E-state index is 12.9. The third-order valence-corrected chi connectivity index (χ3v) is 5.98. The molecule has 0 spiro atoms. The average Bonchev–Trinajstić information content (AvgIpc) is 2.94. The van der Waals surface area contributed by atoms with Gasteiger partial charge in [-0.05, 0) is 42.4 Å². The summed E-state index contributed by atoms with van der Waals surface area (Å²) in [4.78, 5) is 19.5. The Morgan fingerprint density at radius 3 is 2.64 bits per heavy atom. The summed E-state index contributed by atoms with van der Waals surface area (Å²) in [5.41, 5.74) is 0.994. The number of aromatic nitrogens is 1. The van der Waals surface area contributed by atoms with Gasteiger partial charge in [-0.25, -0.2) is 0 Å². The minimum atomic E-state index is -0.283. The first-order valence-corrected chi connectivity index (χ1v) is 9.45. The van der Waals surface area contributed by atoms with E-state index in [2.05, 4.69) is 41.2 Å². The second kappa shape index (κ2) is 7.83. The minimum absolute atomic E-state index is 0.196. The third kappa shape index (κ3) is 4.04. The van der Waals surface area contributed by atoms with Crippen LogP contribution in [0.15, 0.2) is 24.5 Å². The van der Waals surface area contributed by atoms with E-state index in [1.54, 1.807) is 7.11 Å². The first kappa shape index (κ1) is 18.3. The Hall–Kier alpha value is -1.46. The highest BCUT2D eigenvalue weighted by Gasteiger charge is 2.46. The van der Waals surface area contributed by atoms with Gasteiger partial charge in [0, 0.05) is 45.2 Å². The molecule has 25 heavy (non-hydrogen) atoms. The van der Waals surface area contributed by atoms with Gasteiger partial charge >= 0.3 is 0 Å². The number of ether oxygens (including phenoxy) is 1. The van der Waals surface area contributed by atoms with Gasteiger partial charge in [0.15, 0.2) is 0 Å². The predicted octanol–water partition coefficient (Wildman–Crippen LogP) is 2.47. The van der Waals surface area contributed by atoms with Gasteiger partial charge < -0.3 is 10.1 Å². The van der Waals surface area contributed by atoms with Crippen LogP contribution in [-0.4, -0.2) is 48.6 Å². The summed E-state index contributed by atoms with van der Waals surface area (Å²) in [5, 5.41) is 3.38. The molecule has 1 aromatic rings. The minimum Gasteiger partial charge on any atom is -0.384 e. The lowest BCUT2D eigenvalue weighted by molar-refractivity contribution is -0.141. The van der Waals surface area contributed by atoms with Crippen LogP contribution in [0.2, 0.25) is 0 Å². The first-order chi connectivity index (χ1) is 12.0. The maximum atomic E-state index is 12.9. The zero-order valence-electron chi connectivity index (χ0n) is 15.7. The van der Waals surface area contributed by atoms with Crippen molar-refractivity contribution in [1.82, 2.24) is 15.2 Å². The summed E-state index contributed by atoms with van der Waals surface area (Å²) in [6.45, 7) is 7.92. The van der Waals surface area contributed by atoms with Crippen molar-refractivity contribution < 1.29 is 9.53 Å². The molecular formula is C20H31N3O2. The molecule has 0 radical (unpaired) electrons. The van der Waals surface area contributed by atoms with Crippen molar-refractivity contribution in [3.8, 4) is 0 Å². The fraction of sp³-hybridized carbons (Fsp3) is 0.700. The molecule has 2 fully saturated rings. The Labute approximate surface area is 151 Å². The van der Waals surface area contributed by atoms with E-state index in [0.717, 1.165) is 38.9 Å². The predicted molar refractivity (Wildman–Crippen MR) is 97.9 cm³/mol. The molecule has 0 bridgehead atoms. The van der Waals surface area contributed by atoms with E-state index in [1.165, 1.54) is 5.56 Å². The lowest BCUT2D eigenvalue weighted by Crippen LogP contribution is -2.53. The molecule has 2 aliphatic rings. The van der Waals surface area contributed by atoms with Crippen LogP contribution in [0, 0.1) is 17.3 Å². The van der Waals surface area contributed by atoms with Crippen LogP contribution in [0.3, 0.4) is 0 Å². The SMILES string of the molecule is COCC1(C(=O)NC2CN(Cc3ccncc3)CC2C(C)C)CCC1. The fourth-order valence-electron chi connectivity index (χ4n) is 4.26. The molecule has 1 N–H and O–H groups in total. The van der Waals surface area contributed by atoms with E-state index < -0.39 is 0 Å². The Morgan fingerprint density at radius 2 is 2.08 bits per heavy atom. The van der Waals surface area contributed by atoms with Crippen LogP contribution in [0.5, 0.6) is 0 Å². The van der Waals surface area contributed by atoms with E-state index in [-0.39, 0.29) is 17.4 Å². The molecule has 2 heterocycles. The lowest BCUT2D eigenvalue weighted by Gasteiger charge is -2.40. The van der Waals surface area contributed by atoms with Gasteiger partial charge in [0.25, 0.3) is 0 Å². The number of likely N-dealkylation sites (tertiary alicyclic amines) is 1. The number of pyridine rings is 1. The zero-order chi connectivity index (χ0) is 17.9. The zero-order valence-corrected chi connectivity index (χ0v) is 15.7. The van der Waals surface area contributed by atoms with Crippen molar-refractivity contribution in [2.24, 2.45) is 17.3 Å². The number of nitrogens with one attached hydrogen (secondary N) is 1. The van der Waals surface area contributed by atoms with Gasteiger partial charge in [0.05, 0.1) is 12.0 Å². The van der Waals surface area contributed by atoms with Crippen molar-refractivity contribution in [3.05, 3.63) is 30.1 Å². The van der Waals surface area contributed by atoms with Crippen LogP contribution in [0.1, 0.15) is 38.7 Å². The number of methoxy groups -OCH3 is 1. The molecular weight excluding hydrogens is 314 g/mol. The lowest BCUT2D eigenvalue weighted by atomic mass is 9.68. The molecule has 1 amide bonds. The second-order valence-corrected chi connectivity index (χ2v) is 8.10. The Morgan fingerprint density at radius 1 is 1.36 bits per heavy atom. The highest BCUT2D eigenvalue weighted by atomic mass is 16.5. The van der Waals surface area contributed by atoms with Crippen molar-refractivity contribution in [3.63, 3.8) is 0 Å². The summed E-state index contributed by atoms with van der Waals surface area (Å²) in [6, 6.07) is 4.36. The summed E-state index contributed by atoms with van der Waals surface area (Å²) < 4.78 is 5.33. The Kier molecular flexibility index (Phi) is 5.74. The summed E-state index contributed by atoms with van der Waals surface area (Å²) in [6.07, 6.45) is 6.72. The van der Waals surface area contributed by atoms with Crippen molar-refractivity contribution in [2.45, 2.75) is 45.7 Å². The van der Waals surface area contributed by atoms with E-state index in [0.29, 0.717) is 18.4 Å². The molecule has 1 aliphatic heterocycles. The summed E-state index contributed by atoms with van der Waals surface area (Å²) in [7, 11) is 1.69. The van der Waals surface area contributed by atoms with Crippen LogP contribution in [0.25, 0.3) is 0 Å². The van der Waals surface area contributed by atoms with Gasteiger partial charge in [-0.15, -0.1) is 0 Å². The molecule has 1 saturated heterocycles. The Balaban J connectivity index is 1.64. The van der Waals surface area contributed by atoms with E-state index >= 15 is 0 Å². The van der Waals surface area contributed by atoms with Crippen molar-refractivity contribution >= 4 is 5.91 Å². The number of carbonyl (C=O) groups is 1. The van der Waals surface area contributed by atoms with Crippen molar-refractivity contribution in [1.29, 1.82) is 0 Å². The van der Waals surface area contributed by atoms with Gasteiger partial charge in [-0.2, -0.15) is 0 Å². The largest absolute Gasteiger partial charge is 0.384 e. The van der Waals surface area contributed by atoms with Gasteiger partial charge in [0.1, 0.15) is 0 Å². The standard InChI is InChI=1S/C20H31N3O2/c1-15(2)17-12-23(11-16-5-9-21-10-6-16)13-18(17)22-19(24)20(14-25-3)7-4-8-20/h5-6,9-10,15,17-18H,4,7-8,11-14H2,1-3H3,(H,22,24). The number of carbonyl (C=O) groups excluding carboxylic acids is 1. The Bertz CT molecular complexity index is 572. The van der Waals surface area contributed by atoms with Crippen LogP contribution < -0.4 is 5.32 Å². The van der Waals surface area contributed by atoms with E-state index in [9.17, 15) is 4.79 Å². The summed E-state index contributed by atoms with van der Waals surface area (Å²) in [5.74, 6) is 1.24. The van der Waals surface area contributed by atoms with Crippen LogP contribution in [-0.2, 0) is 16.1 Å². The second-order valence-electron chi connectivity index (χ2n) is 8.10. The number of hydrogen-bond donors (Lipinski definition) is 1. The smallest absolute Gasteiger partial charge is 0.228 e. The molecule has 5 nitrogen and oxygen atoms in total. The quantitative estimate of drug-likeness (QED) is 0.825. The van der Waals surface area contributed by atoms with Crippen LogP contribution in [0.4, 0.5) is 0 Å². The highest BCUT2D eigenvalue weighted by Crippen LogP contribution is 2.41. The molecule has 2 unspecified atom stereocenters. The molecule has 3 rings (SSSR count). The number of amides is 1. The number of rotatable bonds is 7. The van der Waals surface area contributed by atoms with Gasteiger partial charge in [-0.1, -0.05) is 20.3 Å². The molecule has 1 saturated carbocycles. The first-order valence-electron chi connectivity index (χ1n) is 9.45. The topological polar surface area (TPSA) is 54.5 Å². The molecule has 138 valence electrons. The molecule has 2 atom stereocenters. The van der Waals surface area contributed by atoms with Gasteiger partial charge in [-0.3, -0.25) is 14.7 Å². The highest BCUT2D eigenvalue weighted by molar-refractivity contribution is 5.84. The van der Waals surface area contributed by atoms with E-state index in [4.69, 9.17) is 4.74 Å². The normalized spacial score (nSPS) is 25.8. The number of nitrogens with zero attached hydrogens (tertiary/aromatic N) is 2. The third-order valence-electron chi connectivity index (χ3n) is 5.98. The summed E-state index contributed by atoms with van der Waals surface area (Å²) >= 11 is 0. The average molecular weight is 345 g/mol. The molecule has 0 aromatic carbocycles. The monoisotopic (exact) mass is 345 g/mol. The molecule has 1 aliphatic carbocycles. The molecule has 1 aromatic heterocycles. The van der Waals surface area contributed by atoms with Gasteiger partial charge in [0.2, 0.25) is 5.91 Å². The number of hydrogen-bond acceptors (Lipinski definition) is 4. The van der Waals surface area contributed by atoms with E-state index in [1.807, 2.05) is 12.4 Å². The van der Waals surface area contributed by atoms with Crippen LogP contribution >= 0.6 is 0 Å². The fourth-order valence-corrected chi connectivity index (χ4v) is 4.26. The molecule has 5 heteroatoms.